The minimum absolute atomic E-state index is 0.0981. The Bertz CT molecular complexity index is 267. The second-order valence-electron chi connectivity index (χ2n) is 2.07. The molecule has 0 aliphatic carbocycles. The van der Waals surface area contributed by atoms with E-state index >= 15 is 0 Å². The number of methoxy groups -OCH3 is 1. The Morgan fingerprint density at radius 1 is 1.50 bits per heavy atom. The van der Waals surface area contributed by atoms with Crippen molar-refractivity contribution >= 4 is 7.69 Å². The van der Waals surface area contributed by atoms with Gasteiger partial charge in [-0.2, -0.15) is 0 Å². The fourth-order valence-corrected chi connectivity index (χ4v) is 0.804. The molecule has 1 aromatic carbocycles. The molecule has 0 atom stereocenters. The van der Waals surface area contributed by atoms with Gasteiger partial charge < -0.3 is 14.4 Å². The monoisotopic (exact) mass is 170 g/mol. The lowest BCUT2D eigenvalue weighted by Crippen LogP contribution is -2.00. The summed E-state index contributed by atoms with van der Waals surface area (Å²) in [6.07, 6.45) is 0. The van der Waals surface area contributed by atoms with Crippen molar-refractivity contribution in [3.63, 3.8) is 0 Å². The Labute approximate surface area is 70.0 Å². The summed E-state index contributed by atoms with van der Waals surface area (Å²) in [5, 5.41) is 8.40. The van der Waals surface area contributed by atoms with E-state index in [1.165, 1.54) is 25.3 Å². The van der Waals surface area contributed by atoms with Crippen LogP contribution in [0.3, 0.4) is 0 Å². The van der Waals surface area contributed by atoms with Crippen LogP contribution in [0.2, 0.25) is 0 Å². The highest BCUT2D eigenvalue weighted by molar-refractivity contribution is 6.17. The van der Waals surface area contributed by atoms with Gasteiger partial charge in [0.05, 0.1) is 7.11 Å². The molecule has 0 fully saturated rings. The number of ether oxygens (including phenoxy) is 1. The van der Waals surface area contributed by atoms with E-state index in [-0.39, 0.29) is 5.75 Å². The second kappa shape index (κ2) is 3.97. The Morgan fingerprint density at radius 2 is 2.25 bits per heavy atom. The Balaban J connectivity index is 2.89. The summed E-state index contributed by atoms with van der Waals surface area (Å²) >= 11 is 0. The molecule has 0 unspecified atom stereocenters. The molecular weight excluding hydrogens is 162 g/mol. The fourth-order valence-electron chi connectivity index (χ4n) is 0.804. The molecular formula is C7H8BFO3. The number of halogens is 1. The van der Waals surface area contributed by atoms with Gasteiger partial charge in [0.15, 0.2) is 11.6 Å². The number of hydrogen-bond acceptors (Lipinski definition) is 3. The number of rotatable bonds is 3. The van der Waals surface area contributed by atoms with Crippen molar-refractivity contribution in [3.05, 3.63) is 24.0 Å². The molecule has 0 amide bonds. The summed E-state index contributed by atoms with van der Waals surface area (Å²) in [4.78, 5) is 0. The lowest BCUT2D eigenvalue weighted by Gasteiger charge is -2.05. The molecule has 0 heterocycles. The first-order chi connectivity index (χ1) is 5.77. The van der Waals surface area contributed by atoms with Crippen molar-refractivity contribution < 1.29 is 18.8 Å². The van der Waals surface area contributed by atoms with Gasteiger partial charge in [-0.25, -0.2) is 4.39 Å². The van der Waals surface area contributed by atoms with Gasteiger partial charge in [0.25, 0.3) is 0 Å². The lowest BCUT2D eigenvalue weighted by atomic mass is 10.3. The maximum absolute atomic E-state index is 12.8. The third kappa shape index (κ3) is 1.89. The van der Waals surface area contributed by atoms with E-state index in [0.29, 0.717) is 5.75 Å². The standard InChI is InChI=1S/C7H8BFO3/c1-11-7-4-5(12-8-10)2-3-6(7)9/h2-4,8,10H,1H3. The van der Waals surface area contributed by atoms with E-state index in [0.717, 1.165) is 0 Å². The minimum atomic E-state index is -0.456. The smallest absolute Gasteiger partial charge is 0.504 e. The Morgan fingerprint density at radius 3 is 2.83 bits per heavy atom. The molecule has 0 radical (unpaired) electrons. The lowest BCUT2D eigenvalue weighted by molar-refractivity contribution is 0.382. The first-order valence-corrected chi connectivity index (χ1v) is 3.35. The van der Waals surface area contributed by atoms with Crippen LogP contribution in [0.15, 0.2) is 18.2 Å². The van der Waals surface area contributed by atoms with E-state index in [1.54, 1.807) is 0 Å². The van der Waals surface area contributed by atoms with Gasteiger partial charge in [0, 0.05) is 6.07 Å². The molecule has 0 aromatic heterocycles. The molecule has 0 spiro atoms. The van der Waals surface area contributed by atoms with Crippen molar-refractivity contribution in [2.45, 2.75) is 0 Å². The average molecular weight is 170 g/mol. The summed E-state index contributed by atoms with van der Waals surface area (Å²) in [5.41, 5.74) is 0. The quantitative estimate of drug-likeness (QED) is 0.670. The molecule has 3 nitrogen and oxygen atoms in total. The molecule has 0 aliphatic rings. The number of benzene rings is 1. The molecule has 0 aliphatic heterocycles. The summed E-state index contributed by atoms with van der Waals surface area (Å²) in [6, 6.07) is 3.99. The van der Waals surface area contributed by atoms with Crippen LogP contribution in [-0.4, -0.2) is 19.8 Å². The predicted molar refractivity (Wildman–Crippen MR) is 42.9 cm³/mol. The van der Waals surface area contributed by atoms with Crippen LogP contribution in [-0.2, 0) is 0 Å². The van der Waals surface area contributed by atoms with Crippen molar-refractivity contribution in [1.29, 1.82) is 0 Å². The van der Waals surface area contributed by atoms with Gasteiger partial charge in [0.2, 0.25) is 0 Å². The molecule has 1 N–H and O–H groups in total. The SMILES string of the molecule is COc1cc(OBO)ccc1F. The summed E-state index contributed by atoms with van der Waals surface area (Å²) in [5.74, 6) is 0.0134. The van der Waals surface area contributed by atoms with Crippen molar-refractivity contribution in [2.24, 2.45) is 0 Å². The van der Waals surface area contributed by atoms with Crippen LogP contribution in [0.25, 0.3) is 0 Å². The highest BCUT2D eigenvalue weighted by atomic mass is 19.1. The number of hydrogen-bond donors (Lipinski definition) is 1. The molecule has 0 saturated heterocycles. The van der Waals surface area contributed by atoms with Crippen molar-refractivity contribution in [3.8, 4) is 11.5 Å². The normalized spacial score (nSPS) is 9.25. The van der Waals surface area contributed by atoms with E-state index in [9.17, 15) is 4.39 Å². The minimum Gasteiger partial charge on any atom is -0.539 e. The average Bonchev–Trinajstić information content (AvgIpc) is 2.09. The molecule has 1 rings (SSSR count). The molecule has 0 bridgehead atoms. The van der Waals surface area contributed by atoms with Crippen molar-refractivity contribution in [2.75, 3.05) is 7.11 Å². The largest absolute Gasteiger partial charge is 0.539 e. The van der Waals surface area contributed by atoms with Gasteiger partial charge in [0.1, 0.15) is 5.75 Å². The highest BCUT2D eigenvalue weighted by Gasteiger charge is 2.03. The Hall–Kier alpha value is -1.23. The van der Waals surface area contributed by atoms with Gasteiger partial charge >= 0.3 is 7.69 Å². The van der Waals surface area contributed by atoms with Crippen LogP contribution in [0.1, 0.15) is 0 Å². The maximum atomic E-state index is 12.8. The van der Waals surface area contributed by atoms with E-state index < -0.39 is 13.5 Å². The third-order valence-electron chi connectivity index (χ3n) is 1.35. The van der Waals surface area contributed by atoms with E-state index in [2.05, 4.69) is 0 Å². The highest BCUT2D eigenvalue weighted by Crippen LogP contribution is 2.22. The zero-order chi connectivity index (χ0) is 8.97. The molecule has 1 aromatic rings. The molecule has 12 heavy (non-hydrogen) atoms. The first kappa shape index (κ1) is 8.87. The van der Waals surface area contributed by atoms with Crippen LogP contribution in [0, 0.1) is 5.82 Å². The van der Waals surface area contributed by atoms with Crippen LogP contribution >= 0.6 is 0 Å². The zero-order valence-corrected chi connectivity index (χ0v) is 6.58. The maximum Gasteiger partial charge on any atom is 0.504 e. The van der Waals surface area contributed by atoms with Crippen molar-refractivity contribution in [1.82, 2.24) is 0 Å². The van der Waals surface area contributed by atoms with E-state index in [4.69, 9.17) is 14.4 Å². The molecule has 5 heteroatoms. The van der Waals surface area contributed by atoms with Gasteiger partial charge in [-0.1, -0.05) is 0 Å². The molecule has 64 valence electrons. The Kier molecular flexibility index (Phi) is 2.93. The van der Waals surface area contributed by atoms with Gasteiger partial charge in [-0.3, -0.25) is 0 Å². The van der Waals surface area contributed by atoms with Crippen LogP contribution < -0.4 is 9.39 Å². The zero-order valence-electron chi connectivity index (χ0n) is 6.58. The summed E-state index contributed by atoms with van der Waals surface area (Å²) < 4.78 is 22.2. The second-order valence-corrected chi connectivity index (χ2v) is 2.07. The first-order valence-electron chi connectivity index (χ1n) is 3.35. The fraction of sp³-hybridized carbons (Fsp3) is 0.143. The van der Waals surface area contributed by atoms with Gasteiger partial charge in [-0.05, 0) is 12.1 Å². The predicted octanol–water partition coefficient (Wildman–Crippen LogP) is 0.472. The van der Waals surface area contributed by atoms with Gasteiger partial charge in [-0.15, -0.1) is 0 Å². The third-order valence-corrected chi connectivity index (χ3v) is 1.35. The topological polar surface area (TPSA) is 38.7 Å². The summed E-state index contributed by atoms with van der Waals surface area (Å²) in [6.45, 7) is 0. The molecule has 0 saturated carbocycles. The van der Waals surface area contributed by atoms with Crippen LogP contribution in [0.5, 0.6) is 11.5 Å². The van der Waals surface area contributed by atoms with Crippen LogP contribution in [0.4, 0.5) is 4.39 Å². The summed E-state index contributed by atoms with van der Waals surface area (Å²) in [7, 11) is 0.927. The van der Waals surface area contributed by atoms with E-state index in [1.807, 2.05) is 0 Å².